The number of carbonyl (C=O) groups excluding carboxylic acids is 1. The minimum Gasteiger partial charge on any atom is -0.335 e. The van der Waals surface area contributed by atoms with E-state index in [-0.39, 0.29) is 11.3 Å². The quantitative estimate of drug-likeness (QED) is 0.678. The van der Waals surface area contributed by atoms with Crippen molar-refractivity contribution in [2.75, 3.05) is 0 Å². The van der Waals surface area contributed by atoms with Crippen molar-refractivity contribution in [3.63, 3.8) is 0 Å². The fourth-order valence-electron chi connectivity index (χ4n) is 4.28. The zero-order valence-corrected chi connectivity index (χ0v) is 17.3. The van der Waals surface area contributed by atoms with Crippen molar-refractivity contribution >= 4 is 22.5 Å². The number of fused-ring (bicyclic) bond motifs is 3. The summed E-state index contributed by atoms with van der Waals surface area (Å²) in [5.41, 5.74) is 3.91. The lowest BCUT2D eigenvalue weighted by molar-refractivity contribution is -0.136. The minimum atomic E-state index is -0.0276. The maximum atomic E-state index is 13.2. The van der Waals surface area contributed by atoms with Gasteiger partial charge in [-0.05, 0) is 53.8 Å². The van der Waals surface area contributed by atoms with Crippen molar-refractivity contribution in [1.82, 2.24) is 24.9 Å². The highest BCUT2D eigenvalue weighted by molar-refractivity contribution is 5.84. The van der Waals surface area contributed by atoms with Gasteiger partial charge in [0.15, 0.2) is 5.65 Å². The second-order valence-corrected chi connectivity index (χ2v) is 9.34. The van der Waals surface area contributed by atoms with E-state index >= 15 is 0 Å². The monoisotopic (exact) mass is 379 g/mol. The molecule has 0 atom stereocenters. The number of benzene rings is 1. The lowest BCUT2D eigenvalue weighted by Gasteiger charge is -2.32. The van der Waals surface area contributed by atoms with E-state index in [2.05, 4.69) is 72.4 Å². The van der Waals surface area contributed by atoms with Gasteiger partial charge in [-0.1, -0.05) is 45.2 Å². The number of hydrogen-bond acceptors (Lipinski definition) is 4. The number of aryl methyl sites for hydroxylation is 1. The van der Waals surface area contributed by atoms with Crippen LogP contribution in [-0.4, -0.2) is 36.9 Å². The van der Waals surface area contributed by atoms with Crippen LogP contribution in [0, 0.1) is 12.3 Å². The number of tetrazole rings is 1. The molecule has 2 aromatic heterocycles. The lowest BCUT2D eigenvalue weighted by atomic mass is 9.91. The first-order valence-corrected chi connectivity index (χ1v) is 10.2. The standard InChI is InChI=1S/C22H29N5O/c1-15-9-10-19-16(11-15)12-17(21-23-24-25-27(19)21)14-26(18-7-5-6-8-18)20(28)13-22(2,3)4/h9-12,18H,5-8,13-14H2,1-4H3. The molecule has 148 valence electrons. The SMILES string of the molecule is Cc1ccc2c(c1)cc(CN(C(=O)CC(C)(C)C)C1CCCC1)c1nnnn12. The van der Waals surface area contributed by atoms with Crippen LogP contribution in [0.5, 0.6) is 0 Å². The summed E-state index contributed by atoms with van der Waals surface area (Å²) in [5, 5.41) is 13.5. The van der Waals surface area contributed by atoms with E-state index in [1.165, 1.54) is 18.4 Å². The van der Waals surface area contributed by atoms with Crippen LogP contribution in [0.1, 0.15) is 64.0 Å². The number of rotatable bonds is 4. The van der Waals surface area contributed by atoms with Gasteiger partial charge >= 0.3 is 0 Å². The highest BCUT2D eigenvalue weighted by Gasteiger charge is 2.30. The van der Waals surface area contributed by atoms with E-state index in [1.807, 2.05) is 0 Å². The number of hydrogen-bond donors (Lipinski definition) is 0. The van der Waals surface area contributed by atoms with Crippen LogP contribution < -0.4 is 0 Å². The van der Waals surface area contributed by atoms with Crippen molar-refractivity contribution in [1.29, 1.82) is 0 Å². The summed E-state index contributed by atoms with van der Waals surface area (Å²) >= 11 is 0. The number of aromatic nitrogens is 4. The molecule has 0 N–H and O–H groups in total. The molecule has 0 aliphatic heterocycles. The van der Waals surface area contributed by atoms with Gasteiger partial charge in [-0.3, -0.25) is 4.79 Å². The summed E-state index contributed by atoms with van der Waals surface area (Å²) in [4.78, 5) is 15.3. The van der Waals surface area contributed by atoms with Crippen molar-refractivity contribution in [3.05, 3.63) is 35.4 Å². The van der Waals surface area contributed by atoms with Crippen LogP contribution in [-0.2, 0) is 11.3 Å². The molecule has 1 fully saturated rings. The van der Waals surface area contributed by atoms with Gasteiger partial charge < -0.3 is 4.90 Å². The lowest BCUT2D eigenvalue weighted by Crippen LogP contribution is -2.40. The van der Waals surface area contributed by atoms with Crippen molar-refractivity contribution in [2.45, 2.75) is 72.4 Å². The third-order valence-electron chi connectivity index (χ3n) is 5.61. The van der Waals surface area contributed by atoms with Gasteiger partial charge in [0, 0.05) is 30.0 Å². The average Bonchev–Trinajstić information content (AvgIpc) is 3.29. The normalized spacial score (nSPS) is 15.6. The van der Waals surface area contributed by atoms with E-state index in [1.54, 1.807) is 4.52 Å². The number of nitrogens with zero attached hydrogens (tertiary/aromatic N) is 5. The van der Waals surface area contributed by atoms with Gasteiger partial charge in [0.05, 0.1) is 5.52 Å². The zero-order valence-electron chi connectivity index (χ0n) is 17.3. The summed E-state index contributed by atoms with van der Waals surface area (Å²) in [7, 11) is 0. The summed E-state index contributed by atoms with van der Waals surface area (Å²) in [5.74, 6) is 0.231. The number of amides is 1. The third-order valence-corrected chi connectivity index (χ3v) is 5.61. The molecule has 1 amide bonds. The van der Waals surface area contributed by atoms with Crippen molar-refractivity contribution < 1.29 is 4.79 Å². The van der Waals surface area contributed by atoms with Gasteiger partial charge in [-0.15, -0.1) is 5.10 Å². The third kappa shape index (κ3) is 3.73. The summed E-state index contributed by atoms with van der Waals surface area (Å²) in [6.45, 7) is 9.01. The second-order valence-electron chi connectivity index (χ2n) is 9.34. The molecule has 0 unspecified atom stereocenters. The summed E-state index contributed by atoms with van der Waals surface area (Å²) in [6, 6.07) is 8.74. The maximum absolute atomic E-state index is 13.2. The molecule has 1 saturated carbocycles. The van der Waals surface area contributed by atoms with Gasteiger partial charge in [0.1, 0.15) is 0 Å². The van der Waals surface area contributed by atoms with Crippen molar-refractivity contribution in [3.8, 4) is 0 Å². The first-order chi connectivity index (χ1) is 13.3. The number of carbonyl (C=O) groups is 1. The molecule has 0 saturated heterocycles. The van der Waals surface area contributed by atoms with E-state index in [0.29, 0.717) is 19.0 Å². The molecule has 1 aliphatic rings. The fourth-order valence-corrected chi connectivity index (χ4v) is 4.28. The van der Waals surface area contributed by atoms with E-state index < -0.39 is 0 Å². The van der Waals surface area contributed by atoms with Gasteiger partial charge in [0.2, 0.25) is 5.91 Å². The average molecular weight is 380 g/mol. The van der Waals surface area contributed by atoms with Crippen molar-refractivity contribution in [2.24, 2.45) is 5.41 Å². The smallest absolute Gasteiger partial charge is 0.223 e. The Labute approximate surface area is 165 Å². The molecular formula is C22H29N5O. The Morgan fingerprint density at radius 1 is 1.21 bits per heavy atom. The van der Waals surface area contributed by atoms with E-state index in [4.69, 9.17) is 0 Å². The van der Waals surface area contributed by atoms with Gasteiger partial charge in [-0.25, -0.2) is 0 Å². The Hall–Kier alpha value is -2.50. The predicted octanol–water partition coefficient (Wildman–Crippen LogP) is 4.29. The Bertz CT molecular complexity index is 1010. The first kappa shape index (κ1) is 18.8. The predicted molar refractivity (Wildman–Crippen MR) is 110 cm³/mol. The van der Waals surface area contributed by atoms with Gasteiger partial charge in [0.25, 0.3) is 0 Å². The molecule has 2 heterocycles. The van der Waals surface area contributed by atoms with E-state index in [9.17, 15) is 4.79 Å². The number of pyridine rings is 1. The zero-order chi connectivity index (χ0) is 19.9. The minimum absolute atomic E-state index is 0.0276. The van der Waals surface area contributed by atoms with Crippen LogP contribution >= 0.6 is 0 Å². The Morgan fingerprint density at radius 2 is 1.96 bits per heavy atom. The van der Waals surface area contributed by atoms with Gasteiger partial charge in [-0.2, -0.15) is 4.52 Å². The first-order valence-electron chi connectivity index (χ1n) is 10.2. The van der Waals surface area contributed by atoms with Crippen LogP contribution in [0.15, 0.2) is 24.3 Å². The molecule has 28 heavy (non-hydrogen) atoms. The Balaban J connectivity index is 1.75. The molecule has 0 radical (unpaired) electrons. The molecular weight excluding hydrogens is 350 g/mol. The summed E-state index contributed by atoms with van der Waals surface area (Å²) in [6.07, 6.45) is 5.12. The molecule has 1 aliphatic carbocycles. The molecule has 3 aromatic rings. The van der Waals surface area contributed by atoms with Crippen LogP contribution in [0.4, 0.5) is 0 Å². The van der Waals surface area contributed by atoms with Crippen LogP contribution in [0.25, 0.3) is 16.6 Å². The molecule has 0 bridgehead atoms. The molecule has 6 heteroatoms. The maximum Gasteiger partial charge on any atom is 0.223 e. The molecule has 0 spiro atoms. The topological polar surface area (TPSA) is 63.4 Å². The molecule has 4 rings (SSSR count). The largest absolute Gasteiger partial charge is 0.335 e. The van der Waals surface area contributed by atoms with Crippen LogP contribution in [0.3, 0.4) is 0 Å². The second kappa shape index (κ2) is 7.15. The fraction of sp³-hybridized carbons (Fsp3) is 0.545. The molecule has 1 aromatic carbocycles. The molecule has 6 nitrogen and oxygen atoms in total. The Kier molecular flexibility index (Phi) is 4.81. The Morgan fingerprint density at radius 3 is 2.68 bits per heavy atom. The highest BCUT2D eigenvalue weighted by atomic mass is 16.2. The highest BCUT2D eigenvalue weighted by Crippen LogP contribution is 2.30. The van der Waals surface area contributed by atoms with E-state index in [0.717, 1.165) is 35.0 Å². The van der Waals surface area contributed by atoms with Crippen LogP contribution in [0.2, 0.25) is 0 Å². The summed E-state index contributed by atoms with van der Waals surface area (Å²) < 4.78 is 1.80.